The summed E-state index contributed by atoms with van der Waals surface area (Å²) < 4.78 is 24.7. The van der Waals surface area contributed by atoms with Crippen LogP contribution < -0.4 is 5.32 Å². The number of hydrogen-bond donors (Lipinski definition) is 1. The predicted molar refractivity (Wildman–Crippen MR) is 71.5 cm³/mol. The van der Waals surface area contributed by atoms with Crippen molar-refractivity contribution in [2.45, 2.75) is 25.5 Å². The van der Waals surface area contributed by atoms with Crippen LogP contribution in [0.25, 0.3) is 11.0 Å². The molecule has 3 nitrogen and oxygen atoms in total. The van der Waals surface area contributed by atoms with Crippen molar-refractivity contribution in [3.05, 3.63) is 35.8 Å². The second kappa shape index (κ2) is 4.94. The van der Waals surface area contributed by atoms with Gasteiger partial charge in [0.25, 0.3) is 0 Å². The van der Waals surface area contributed by atoms with Gasteiger partial charge in [-0.2, -0.15) is 0 Å². The lowest BCUT2D eigenvalue weighted by molar-refractivity contribution is 0.116. The predicted octanol–water partition coefficient (Wildman–Crippen LogP) is 3.26. The van der Waals surface area contributed by atoms with Crippen molar-refractivity contribution in [2.24, 2.45) is 5.92 Å². The second-order valence-corrected chi connectivity index (χ2v) is 5.24. The van der Waals surface area contributed by atoms with Gasteiger partial charge in [-0.25, -0.2) is 4.39 Å². The molecule has 3 unspecified atom stereocenters. The number of ether oxygens (including phenoxy) is 1. The normalized spacial score (nSPS) is 25.0. The van der Waals surface area contributed by atoms with E-state index in [9.17, 15) is 4.39 Å². The molecule has 0 aliphatic carbocycles. The van der Waals surface area contributed by atoms with E-state index in [1.807, 2.05) is 13.1 Å². The second-order valence-electron chi connectivity index (χ2n) is 5.24. The van der Waals surface area contributed by atoms with Crippen LogP contribution in [0.15, 0.2) is 28.7 Å². The maximum atomic E-state index is 13.2. The van der Waals surface area contributed by atoms with Gasteiger partial charge in [-0.05, 0) is 44.7 Å². The van der Waals surface area contributed by atoms with E-state index in [0.29, 0.717) is 12.0 Å². The summed E-state index contributed by atoms with van der Waals surface area (Å²) in [4.78, 5) is 0. The van der Waals surface area contributed by atoms with Crippen LogP contribution in [0.1, 0.15) is 25.1 Å². The highest BCUT2D eigenvalue weighted by Crippen LogP contribution is 2.34. The summed E-state index contributed by atoms with van der Waals surface area (Å²) in [6.07, 6.45) is 1.30. The minimum Gasteiger partial charge on any atom is -0.459 e. The molecule has 0 radical (unpaired) electrons. The number of nitrogens with one attached hydrogen (secondary N) is 1. The summed E-state index contributed by atoms with van der Waals surface area (Å²) in [7, 11) is 1.92. The fraction of sp³-hybridized carbons (Fsp3) is 0.467. The van der Waals surface area contributed by atoms with Crippen molar-refractivity contribution in [2.75, 3.05) is 13.7 Å². The molecule has 19 heavy (non-hydrogen) atoms. The maximum absolute atomic E-state index is 13.2. The van der Waals surface area contributed by atoms with E-state index in [1.165, 1.54) is 12.1 Å². The molecule has 1 aromatic heterocycles. The van der Waals surface area contributed by atoms with Gasteiger partial charge < -0.3 is 14.5 Å². The molecule has 1 saturated heterocycles. The van der Waals surface area contributed by atoms with Gasteiger partial charge in [0.05, 0.1) is 18.8 Å². The standard InChI is InChI=1S/C15H18FNO2/c1-9-5-11(8-18-9)15(17-2)14-7-10-6-12(16)3-4-13(10)19-14/h3-4,6-7,9,11,15,17H,5,8H2,1-2H3. The number of furan rings is 1. The highest BCUT2D eigenvalue weighted by atomic mass is 19.1. The molecule has 3 atom stereocenters. The summed E-state index contributed by atoms with van der Waals surface area (Å²) >= 11 is 0. The number of fused-ring (bicyclic) bond motifs is 1. The molecule has 0 saturated carbocycles. The third-order valence-corrected chi connectivity index (χ3v) is 3.82. The van der Waals surface area contributed by atoms with E-state index < -0.39 is 0 Å². The van der Waals surface area contributed by atoms with Crippen molar-refractivity contribution < 1.29 is 13.5 Å². The molecular weight excluding hydrogens is 245 g/mol. The van der Waals surface area contributed by atoms with Crippen molar-refractivity contribution in [1.82, 2.24) is 5.32 Å². The molecular formula is C15H18FNO2. The molecule has 102 valence electrons. The van der Waals surface area contributed by atoms with Crippen molar-refractivity contribution in [3.8, 4) is 0 Å². The third kappa shape index (κ3) is 2.38. The molecule has 1 aliphatic rings. The number of rotatable bonds is 3. The van der Waals surface area contributed by atoms with Crippen LogP contribution in [0.4, 0.5) is 4.39 Å². The Labute approximate surface area is 111 Å². The van der Waals surface area contributed by atoms with E-state index in [0.717, 1.165) is 29.8 Å². The van der Waals surface area contributed by atoms with Crippen molar-refractivity contribution in [1.29, 1.82) is 0 Å². The summed E-state index contributed by atoms with van der Waals surface area (Å²) in [5, 5.41) is 4.10. The van der Waals surface area contributed by atoms with Gasteiger partial charge in [-0.15, -0.1) is 0 Å². The molecule has 1 aliphatic heterocycles. The lowest BCUT2D eigenvalue weighted by atomic mass is 9.95. The number of halogens is 1. The highest BCUT2D eigenvalue weighted by Gasteiger charge is 2.31. The Morgan fingerprint density at radius 1 is 1.37 bits per heavy atom. The SMILES string of the molecule is CNC(c1cc2cc(F)ccc2o1)C1COC(C)C1. The summed E-state index contributed by atoms with van der Waals surface area (Å²) in [6, 6.07) is 6.63. The van der Waals surface area contributed by atoms with Gasteiger partial charge in [0.1, 0.15) is 17.2 Å². The first kappa shape index (κ1) is 12.6. The van der Waals surface area contributed by atoms with Gasteiger partial charge in [0.15, 0.2) is 0 Å². The molecule has 2 aromatic rings. The zero-order valence-corrected chi connectivity index (χ0v) is 11.2. The summed E-state index contributed by atoms with van der Waals surface area (Å²) in [5.74, 6) is 1.01. The fourth-order valence-electron chi connectivity index (χ4n) is 2.88. The van der Waals surface area contributed by atoms with Crippen LogP contribution in [0, 0.1) is 11.7 Å². The smallest absolute Gasteiger partial charge is 0.134 e. The van der Waals surface area contributed by atoms with E-state index in [1.54, 1.807) is 6.07 Å². The largest absolute Gasteiger partial charge is 0.459 e. The maximum Gasteiger partial charge on any atom is 0.134 e. The number of hydrogen-bond acceptors (Lipinski definition) is 3. The molecule has 0 amide bonds. The van der Waals surface area contributed by atoms with Gasteiger partial charge in [0, 0.05) is 11.3 Å². The Morgan fingerprint density at radius 3 is 2.89 bits per heavy atom. The highest BCUT2D eigenvalue weighted by molar-refractivity contribution is 5.78. The average Bonchev–Trinajstić information content (AvgIpc) is 2.96. The van der Waals surface area contributed by atoms with Gasteiger partial charge in [0.2, 0.25) is 0 Å². The minimum atomic E-state index is -0.237. The Kier molecular flexibility index (Phi) is 3.29. The lowest BCUT2D eigenvalue weighted by Gasteiger charge is -2.19. The van der Waals surface area contributed by atoms with E-state index in [2.05, 4.69) is 12.2 Å². The zero-order valence-electron chi connectivity index (χ0n) is 11.2. The topological polar surface area (TPSA) is 34.4 Å². The van der Waals surface area contributed by atoms with Crippen LogP contribution in [-0.4, -0.2) is 19.8 Å². The summed E-state index contributed by atoms with van der Waals surface area (Å²) in [6.45, 7) is 2.82. The Balaban J connectivity index is 1.92. The van der Waals surface area contributed by atoms with E-state index >= 15 is 0 Å². The van der Waals surface area contributed by atoms with Crippen molar-refractivity contribution >= 4 is 11.0 Å². The first-order chi connectivity index (χ1) is 9.17. The van der Waals surface area contributed by atoms with Gasteiger partial charge >= 0.3 is 0 Å². The monoisotopic (exact) mass is 263 g/mol. The molecule has 2 heterocycles. The zero-order chi connectivity index (χ0) is 13.4. The first-order valence-corrected chi connectivity index (χ1v) is 6.65. The fourth-order valence-corrected chi connectivity index (χ4v) is 2.88. The lowest BCUT2D eigenvalue weighted by Crippen LogP contribution is -2.25. The molecule has 4 heteroatoms. The van der Waals surface area contributed by atoms with Crippen LogP contribution in [0.5, 0.6) is 0 Å². The molecule has 1 fully saturated rings. The Morgan fingerprint density at radius 2 is 2.21 bits per heavy atom. The van der Waals surface area contributed by atoms with Gasteiger partial charge in [-0.1, -0.05) is 0 Å². The third-order valence-electron chi connectivity index (χ3n) is 3.82. The van der Waals surface area contributed by atoms with E-state index in [-0.39, 0.29) is 11.9 Å². The number of benzene rings is 1. The quantitative estimate of drug-likeness (QED) is 0.923. The van der Waals surface area contributed by atoms with E-state index in [4.69, 9.17) is 9.15 Å². The average molecular weight is 263 g/mol. The molecule has 1 N–H and O–H groups in total. The molecule has 0 bridgehead atoms. The van der Waals surface area contributed by atoms with Crippen molar-refractivity contribution in [3.63, 3.8) is 0 Å². The first-order valence-electron chi connectivity index (χ1n) is 6.65. The molecule has 3 rings (SSSR count). The Hall–Kier alpha value is -1.39. The van der Waals surface area contributed by atoms with Crippen LogP contribution in [0.2, 0.25) is 0 Å². The van der Waals surface area contributed by atoms with Crippen LogP contribution in [0.3, 0.4) is 0 Å². The van der Waals surface area contributed by atoms with Crippen LogP contribution >= 0.6 is 0 Å². The minimum absolute atomic E-state index is 0.111. The van der Waals surface area contributed by atoms with Gasteiger partial charge in [-0.3, -0.25) is 0 Å². The molecule has 1 aromatic carbocycles. The van der Waals surface area contributed by atoms with Crippen LogP contribution in [-0.2, 0) is 4.74 Å². The summed E-state index contributed by atoms with van der Waals surface area (Å²) in [5.41, 5.74) is 0.726. The Bertz CT molecular complexity index is 581. The molecule has 0 spiro atoms.